The van der Waals surface area contributed by atoms with E-state index < -0.39 is 0 Å². The van der Waals surface area contributed by atoms with Gasteiger partial charge in [0.1, 0.15) is 0 Å². The first-order valence-corrected chi connectivity index (χ1v) is 2.57. The molecule has 0 aliphatic carbocycles. The van der Waals surface area contributed by atoms with Crippen LogP contribution < -0.4 is 10.6 Å². The van der Waals surface area contributed by atoms with Crippen molar-refractivity contribution in [1.29, 1.82) is 0 Å². The van der Waals surface area contributed by atoms with E-state index in [9.17, 15) is 4.79 Å². The second-order valence-electron chi connectivity index (χ2n) is 1.26. The van der Waals surface area contributed by atoms with E-state index in [1.54, 1.807) is 7.05 Å². The van der Waals surface area contributed by atoms with E-state index in [0.29, 0.717) is 5.11 Å². The summed E-state index contributed by atoms with van der Waals surface area (Å²) in [5.74, 6) is -0.149. The molecule has 0 aromatic rings. The second kappa shape index (κ2) is 3.43. The van der Waals surface area contributed by atoms with Gasteiger partial charge in [-0.25, -0.2) is 0 Å². The monoisotopic (exact) mass is 130 g/mol. The molecule has 0 aromatic carbocycles. The van der Waals surface area contributed by atoms with Crippen LogP contribution in [0.3, 0.4) is 0 Å². The second-order valence-corrected chi connectivity index (χ2v) is 1.67. The van der Waals surface area contributed by atoms with Crippen molar-refractivity contribution >= 4 is 31.0 Å². The van der Waals surface area contributed by atoms with Gasteiger partial charge in [-0.3, -0.25) is 4.79 Å². The Morgan fingerprint density at radius 2 is 2.25 bits per heavy atom. The molecule has 2 N–H and O–H groups in total. The van der Waals surface area contributed by atoms with Gasteiger partial charge in [0.15, 0.2) is 10.9 Å². The molecule has 0 spiro atoms. The van der Waals surface area contributed by atoms with Gasteiger partial charge in [-0.2, -0.15) is 0 Å². The highest BCUT2D eigenvalue weighted by Crippen LogP contribution is 1.61. The van der Waals surface area contributed by atoms with Crippen LogP contribution in [-0.2, 0) is 0 Å². The smallest absolute Gasteiger partial charge is 0.216 e. The van der Waals surface area contributed by atoms with Crippen LogP contribution in [0.15, 0.2) is 0 Å². The standard InChI is InChI=1S/C3H7BN2OS/c1-5-3(8)6-2(4)7/h4H2,1H3,(H2,5,6,7,8). The molecule has 3 nitrogen and oxygen atoms in total. The lowest BCUT2D eigenvalue weighted by atomic mass is 10.1. The van der Waals surface area contributed by atoms with Crippen LogP contribution in [0.1, 0.15) is 0 Å². The van der Waals surface area contributed by atoms with Crippen molar-refractivity contribution in [3.8, 4) is 0 Å². The lowest BCUT2D eigenvalue weighted by Gasteiger charge is -1.99. The van der Waals surface area contributed by atoms with Crippen LogP contribution in [-0.4, -0.2) is 25.8 Å². The van der Waals surface area contributed by atoms with Crippen LogP contribution in [0.25, 0.3) is 0 Å². The topological polar surface area (TPSA) is 41.1 Å². The fraction of sp³-hybridized carbons (Fsp3) is 0.333. The maximum atomic E-state index is 10.2. The lowest BCUT2D eigenvalue weighted by Crippen LogP contribution is -2.36. The Labute approximate surface area is 54.2 Å². The third-order valence-corrected chi connectivity index (χ3v) is 0.823. The van der Waals surface area contributed by atoms with E-state index in [0.717, 1.165) is 0 Å². The van der Waals surface area contributed by atoms with Crippen LogP contribution in [0.4, 0.5) is 4.79 Å². The van der Waals surface area contributed by atoms with Crippen molar-refractivity contribution in [2.24, 2.45) is 0 Å². The first-order valence-electron chi connectivity index (χ1n) is 2.16. The number of rotatable bonds is 0. The predicted octanol–water partition coefficient (Wildman–Crippen LogP) is -1.17. The van der Waals surface area contributed by atoms with Crippen molar-refractivity contribution in [1.82, 2.24) is 10.6 Å². The number of carbonyl (C=O) groups is 1. The number of thiocarbonyl (C=S) groups is 1. The highest BCUT2D eigenvalue weighted by Gasteiger charge is 1.90. The van der Waals surface area contributed by atoms with E-state index in [1.165, 1.54) is 7.85 Å². The minimum atomic E-state index is -0.149. The summed E-state index contributed by atoms with van der Waals surface area (Å²) < 4.78 is 0. The van der Waals surface area contributed by atoms with E-state index in [-0.39, 0.29) is 5.81 Å². The molecular formula is C3H7BN2OS. The van der Waals surface area contributed by atoms with E-state index >= 15 is 0 Å². The van der Waals surface area contributed by atoms with Crippen LogP contribution in [0.2, 0.25) is 0 Å². The molecule has 0 radical (unpaired) electrons. The molecule has 5 heteroatoms. The van der Waals surface area contributed by atoms with Crippen molar-refractivity contribution in [2.75, 3.05) is 7.05 Å². The predicted molar refractivity (Wildman–Crippen MR) is 38.7 cm³/mol. The summed E-state index contributed by atoms with van der Waals surface area (Å²) >= 11 is 4.59. The number of carbonyl (C=O) groups excluding carboxylic acids is 1. The molecule has 0 saturated carbocycles. The highest BCUT2D eigenvalue weighted by molar-refractivity contribution is 7.80. The molecule has 0 aliphatic rings. The number of hydrogen-bond donors (Lipinski definition) is 2. The molecule has 0 atom stereocenters. The summed E-state index contributed by atoms with van der Waals surface area (Å²) in [7, 11) is 3.06. The molecule has 0 aliphatic heterocycles. The molecule has 0 aromatic heterocycles. The molecule has 0 fully saturated rings. The molecule has 0 heterocycles. The summed E-state index contributed by atoms with van der Waals surface area (Å²) in [5.41, 5.74) is 0. The Hall–Kier alpha value is -0.575. The van der Waals surface area contributed by atoms with Crippen molar-refractivity contribution in [3.63, 3.8) is 0 Å². The van der Waals surface area contributed by atoms with Gasteiger partial charge >= 0.3 is 0 Å². The fourth-order valence-electron chi connectivity index (χ4n) is 0.222. The van der Waals surface area contributed by atoms with Crippen LogP contribution in [0, 0.1) is 0 Å². The molecule has 0 bridgehead atoms. The Bertz CT molecular complexity index is 116. The zero-order chi connectivity index (χ0) is 6.57. The zero-order valence-corrected chi connectivity index (χ0v) is 5.63. The summed E-state index contributed by atoms with van der Waals surface area (Å²) in [4.78, 5) is 10.2. The first-order chi connectivity index (χ1) is 3.66. The Balaban J connectivity index is 3.40. The van der Waals surface area contributed by atoms with E-state index in [1.807, 2.05) is 0 Å². The van der Waals surface area contributed by atoms with Gasteiger partial charge in [0, 0.05) is 7.05 Å². The fourth-order valence-corrected chi connectivity index (χ4v) is 0.366. The Kier molecular flexibility index (Phi) is 3.18. The maximum absolute atomic E-state index is 10.2. The van der Waals surface area contributed by atoms with Crippen molar-refractivity contribution < 1.29 is 4.79 Å². The first kappa shape index (κ1) is 7.42. The largest absolute Gasteiger partial charge is 0.365 e. The quantitative estimate of drug-likeness (QED) is 0.320. The lowest BCUT2D eigenvalue weighted by molar-refractivity contribution is 0.263. The van der Waals surface area contributed by atoms with Crippen molar-refractivity contribution in [2.45, 2.75) is 0 Å². The van der Waals surface area contributed by atoms with Crippen LogP contribution >= 0.6 is 12.2 Å². The molecular weight excluding hydrogens is 123 g/mol. The molecule has 0 rings (SSSR count). The Morgan fingerprint density at radius 3 is 2.38 bits per heavy atom. The SMILES string of the molecule is BC(=O)NC(=S)NC. The third kappa shape index (κ3) is 3.61. The number of hydrogen-bond acceptors (Lipinski definition) is 2. The van der Waals surface area contributed by atoms with Gasteiger partial charge in [-0.1, -0.05) is 0 Å². The summed E-state index contributed by atoms with van der Waals surface area (Å²) in [6.07, 6.45) is 0. The molecule has 44 valence electrons. The minimum Gasteiger partial charge on any atom is -0.365 e. The van der Waals surface area contributed by atoms with Gasteiger partial charge in [0.2, 0.25) is 7.85 Å². The van der Waals surface area contributed by atoms with Gasteiger partial charge < -0.3 is 10.6 Å². The van der Waals surface area contributed by atoms with E-state index in [4.69, 9.17) is 0 Å². The van der Waals surface area contributed by atoms with Crippen LogP contribution in [0.5, 0.6) is 0 Å². The average molecular weight is 130 g/mol. The third-order valence-electron chi connectivity index (χ3n) is 0.517. The van der Waals surface area contributed by atoms with E-state index in [2.05, 4.69) is 22.9 Å². The average Bonchev–Trinajstić information content (AvgIpc) is 1.65. The molecule has 0 saturated heterocycles. The Morgan fingerprint density at radius 1 is 1.75 bits per heavy atom. The number of nitrogens with one attached hydrogen (secondary N) is 2. The summed E-state index contributed by atoms with van der Waals surface area (Å²) in [6.45, 7) is 0. The maximum Gasteiger partial charge on any atom is 0.216 e. The van der Waals surface area contributed by atoms with Gasteiger partial charge in [0.25, 0.3) is 0 Å². The summed E-state index contributed by atoms with van der Waals surface area (Å²) in [6, 6.07) is 0. The van der Waals surface area contributed by atoms with Crippen molar-refractivity contribution in [3.05, 3.63) is 0 Å². The molecule has 0 unspecified atom stereocenters. The zero-order valence-electron chi connectivity index (χ0n) is 4.82. The van der Waals surface area contributed by atoms with Gasteiger partial charge in [-0.05, 0) is 12.2 Å². The summed E-state index contributed by atoms with van der Waals surface area (Å²) in [5, 5.41) is 5.33. The normalized spacial score (nSPS) is 7.62. The number of amides is 1. The minimum absolute atomic E-state index is 0.149. The molecule has 8 heavy (non-hydrogen) atoms. The molecule has 1 amide bonds. The van der Waals surface area contributed by atoms with Gasteiger partial charge in [-0.15, -0.1) is 0 Å². The van der Waals surface area contributed by atoms with Gasteiger partial charge in [0.05, 0.1) is 0 Å². The highest BCUT2D eigenvalue weighted by atomic mass is 32.1.